The Morgan fingerprint density at radius 3 is 2.68 bits per heavy atom. The zero-order valence-corrected chi connectivity index (χ0v) is 13.4. The van der Waals surface area contributed by atoms with Crippen LogP contribution in [0.3, 0.4) is 0 Å². The van der Waals surface area contributed by atoms with Gasteiger partial charge in [-0.15, -0.1) is 0 Å². The zero-order chi connectivity index (χ0) is 17.6. The molecule has 1 aliphatic carbocycles. The van der Waals surface area contributed by atoms with Gasteiger partial charge in [0.05, 0.1) is 17.6 Å². The number of anilines is 1. The number of aryl methyl sites for hydroxylation is 1. The molecule has 0 saturated carbocycles. The monoisotopic (exact) mass is 337 g/mol. The minimum absolute atomic E-state index is 0.0628. The van der Waals surface area contributed by atoms with Crippen molar-refractivity contribution < 1.29 is 14.7 Å². The Morgan fingerprint density at radius 2 is 2.00 bits per heavy atom. The Kier molecular flexibility index (Phi) is 3.38. The first-order valence-corrected chi connectivity index (χ1v) is 7.80. The van der Waals surface area contributed by atoms with Crippen molar-refractivity contribution in [3.63, 3.8) is 0 Å². The normalized spacial score (nSPS) is 12.4. The van der Waals surface area contributed by atoms with Crippen molar-refractivity contribution in [2.45, 2.75) is 19.8 Å². The van der Waals surface area contributed by atoms with E-state index in [0.29, 0.717) is 29.8 Å². The lowest BCUT2D eigenvalue weighted by molar-refractivity contribution is -0.114. The summed E-state index contributed by atoms with van der Waals surface area (Å²) in [6.45, 7) is 1.44. The number of fused-ring (bicyclic) bond motifs is 3. The molecule has 1 amide bonds. The summed E-state index contributed by atoms with van der Waals surface area (Å²) in [7, 11) is 0. The van der Waals surface area contributed by atoms with Crippen molar-refractivity contribution in [2.75, 3.05) is 5.32 Å². The molecule has 0 fully saturated rings. The molecule has 8 heteroatoms. The van der Waals surface area contributed by atoms with Crippen molar-refractivity contribution in [3.05, 3.63) is 47.4 Å². The van der Waals surface area contributed by atoms with Crippen molar-refractivity contribution in [3.8, 4) is 16.9 Å². The first kappa shape index (κ1) is 15.1. The summed E-state index contributed by atoms with van der Waals surface area (Å²) >= 11 is 0. The first-order chi connectivity index (χ1) is 12.0. The predicted molar refractivity (Wildman–Crippen MR) is 89.8 cm³/mol. The second-order valence-electron chi connectivity index (χ2n) is 5.88. The smallest absolute Gasteiger partial charge is 0.356 e. The lowest BCUT2D eigenvalue weighted by atomic mass is 9.94. The maximum Gasteiger partial charge on any atom is 0.356 e. The number of carbonyl (C=O) groups excluding carboxylic acids is 1. The molecule has 0 radical (unpaired) electrons. The summed E-state index contributed by atoms with van der Waals surface area (Å²) in [5.74, 6) is -1.20. The average molecular weight is 337 g/mol. The van der Waals surface area contributed by atoms with E-state index in [-0.39, 0.29) is 11.6 Å². The van der Waals surface area contributed by atoms with E-state index in [1.165, 1.54) is 6.92 Å². The molecular weight excluding hydrogens is 322 g/mol. The summed E-state index contributed by atoms with van der Waals surface area (Å²) in [6.07, 6.45) is 2.99. The quantitative estimate of drug-likeness (QED) is 0.677. The number of amides is 1. The molecule has 1 aromatic carbocycles. The number of hydrogen-bond donors (Lipinski definition) is 3. The van der Waals surface area contributed by atoms with Gasteiger partial charge in [0.1, 0.15) is 0 Å². The highest BCUT2D eigenvalue weighted by atomic mass is 16.4. The van der Waals surface area contributed by atoms with E-state index in [0.717, 1.165) is 17.0 Å². The van der Waals surface area contributed by atoms with Crippen LogP contribution in [0, 0.1) is 0 Å². The Hall–Kier alpha value is -3.42. The lowest BCUT2D eigenvalue weighted by Gasteiger charge is -2.14. The van der Waals surface area contributed by atoms with Gasteiger partial charge in [0.25, 0.3) is 0 Å². The van der Waals surface area contributed by atoms with Crippen LogP contribution in [0.1, 0.15) is 28.7 Å². The molecular formula is C17H15N5O3. The average Bonchev–Trinajstić information content (AvgIpc) is 3.18. The summed E-state index contributed by atoms with van der Waals surface area (Å²) in [5, 5.41) is 23.6. The summed E-state index contributed by atoms with van der Waals surface area (Å²) in [4.78, 5) is 22.7. The van der Waals surface area contributed by atoms with E-state index in [1.807, 2.05) is 0 Å². The van der Waals surface area contributed by atoms with Gasteiger partial charge in [0.15, 0.2) is 5.69 Å². The molecule has 8 nitrogen and oxygen atoms in total. The standard InChI is InChI=1S/C17H15N5O3/c1-9(23)19-10-2-4-11(5-3-10)22-16-12(15(21-22)17(24)25)6-7-14-13(16)8-18-20-14/h2-5,8H,6-7H2,1H3,(H,18,20)(H,19,23)(H,24,25). The summed E-state index contributed by atoms with van der Waals surface area (Å²) in [6, 6.07) is 7.09. The molecule has 0 atom stereocenters. The Bertz CT molecular complexity index is 984. The number of benzene rings is 1. The van der Waals surface area contributed by atoms with Crippen LogP contribution in [0.25, 0.3) is 16.9 Å². The Morgan fingerprint density at radius 1 is 1.24 bits per heavy atom. The van der Waals surface area contributed by atoms with Crippen molar-refractivity contribution >= 4 is 17.6 Å². The number of aromatic nitrogens is 4. The Labute approximate surface area is 142 Å². The molecule has 1 aliphatic rings. The number of aromatic carboxylic acids is 1. The number of hydrogen-bond acceptors (Lipinski definition) is 4. The SMILES string of the molecule is CC(=O)Nc1ccc(-n2nc(C(=O)O)c3c2-c2cn[nH]c2CC3)cc1. The fourth-order valence-electron chi connectivity index (χ4n) is 3.17. The second-order valence-corrected chi connectivity index (χ2v) is 5.88. The molecule has 0 aliphatic heterocycles. The molecule has 3 N–H and O–H groups in total. The molecule has 0 bridgehead atoms. The van der Waals surface area contributed by atoms with E-state index in [1.54, 1.807) is 35.1 Å². The molecule has 2 heterocycles. The number of rotatable bonds is 3. The summed E-state index contributed by atoms with van der Waals surface area (Å²) in [5.41, 5.74) is 4.75. The largest absolute Gasteiger partial charge is 0.476 e. The second kappa shape index (κ2) is 5.59. The van der Waals surface area contributed by atoms with E-state index in [2.05, 4.69) is 20.6 Å². The maximum atomic E-state index is 11.6. The van der Waals surface area contributed by atoms with Gasteiger partial charge in [-0.1, -0.05) is 0 Å². The molecule has 126 valence electrons. The van der Waals surface area contributed by atoms with Crippen molar-refractivity contribution in [1.82, 2.24) is 20.0 Å². The van der Waals surface area contributed by atoms with Gasteiger partial charge >= 0.3 is 5.97 Å². The van der Waals surface area contributed by atoms with Crippen LogP contribution in [-0.4, -0.2) is 37.0 Å². The van der Waals surface area contributed by atoms with Crippen LogP contribution in [0.5, 0.6) is 0 Å². The fraction of sp³-hybridized carbons (Fsp3) is 0.176. The van der Waals surface area contributed by atoms with Crippen LogP contribution < -0.4 is 5.32 Å². The third-order valence-corrected chi connectivity index (χ3v) is 4.22. The highest BCUT2D eigenvalue weighted by molar-refractivity contribution is 5.91. The lowest BCUT2D eigenvalue weighted by Crippen LogP contribution is -2.08. The molecule has 0 unspecified atom stereocenters. The molecule has 4 rings (SSSR count). The number of H-pyrrole nitrogens is 1. The van der Waals surface area contributed by atoms with Gasteiger partial charge in [-0.05, 0) is 37.1 Å². The minimum atomic E-state index is -1.04. The van der Waals surface area contributed by atoms with Crippen LogP contribution in [0.4, 0.5) is 5.69 Å². The highest BCUT2D eigenvalue weighted by Crippen LogP contribution is 2.36. The highest BCUT2D eigenvalue weighted by Gasteiger charge is 2.29. The van der Waals surface area contributed by atoms with E-state index in [9.17, 15) is 14.7 Å². The topological polar surface area (TPSA) is 113 Å². The molecule has 2 aromatic heterocycles. The predicted octanol–water partition coefficient (Wildman–Crippen LogP) is 2.02. The number of carboxylic acid groups (broad SMARTS) is 1. The van der Waals surface area contributed by atoms with E-state index >= 15 is 0 Å². The first-order valence-electron chi connectivity index (χ1n) is 7.80. The number of aromatic amines is 1. The van der Waals surface area contributed by atoms with Gasteiger partial charge < -0.3 is 10.4 Å². The summed E-state index contributed by atoms with van der Waals surface area (Å²) < 4.78 is 1.63. The third-order valence-electron chi connectivity index (χ3n) is 4.22. The van der Waals surface area contributed by atoms with Gasteiger partial charge in [-0.25, -0.2) is 9.48 Å². The number of carbonyl (C=O) groups is 2. The maximum absolute atomic E-state index is 11.6. The van der Waals surface area contributed by atoms with E-state index < -0.39 is 5.97 Å². The zero-order valence-electron chi connectivity index (χ0n) is 13.4. The molecule has 0 saturated heterocycles. The van der Waals surface area contributed by atoms with Gasteiger partial charge in [0.2, 0.25) is 5.91 Å². The number of nitrogens with zero attached hydrogens (tertiary/aromatic N) is 3. The van der Waals surface area contributed by atoms with Crippen LogP contribution in [-0.2, 0) is 17.6 Å². The van der Waals surface area contributed by atoms with Crippen LogP contribution in [0.15, 0.2) is 30.5 Å². The van der Waals surface area contributed by atoms with Crippen LogP contribution in [0.2, 0.25) is 0 Å². The third kappa shape index (κ3) is 2.47. The molecule has 3 aromatic rings. The van der Waals surface area contributed by atoms with Gasteiger partial charge in [0, 0.05) is 29.4 Å². The fourth-order valence-corrected chi connectivity index (χ4v) is 3.17. The number of nitrogens with one attached hydrogen (secondary N) is 2. The van der Waals surface area contributed by atoms with E-state index in [4.69, 9.17) is 0 Å². The Balaban J connectivity index is 1.86. The van der Waals surface area contributed by atoms with Crippen LogP contribution >= 0.6 is 0 Å². The molecule has 0 spiro atoms. The van der Waals surface area contributed by atoms with Gasteiger partial charge in [-0.3, -0.25) is 9.89 Å². The minimum Gasteiger partial charge on any atom is -0.476 e. The number of carboxylic acids is 1. The van der Waals surface area contributed by atoms with Crippen molar-refractivity contribution in [2.24, 2.45) is 0 Å². The molecule has 25 heavy (non-hydrogen) atoms. The van der Waals surface area contributed by atoms with Crippen molar-refractivity contribution in [1.29, 1.82) is 0 Å². The van der Waals surface area contributed by atoms with Gasteiger partial charge in [-0.2, -0.15) is 10.2 Å².